The highest BCUT2D eigenvalue weighted by atomic mass is 16.5. The first-order valence-electron chi connectivity index (χ1n) is 8.88. The van der Waals surface area contributed by atoms with Crippen molar-refractivity contribution in [2.45, 2.75) is 44.6 Å². The van der Waals surface area contributed by atoms with Crippen molar-refractivity contribution in [3.63, 3.8) is 0 Å². The summed E-state index contributed by atoms with van der Waals surface area (Å²) in [5, 5.41) is 6.01. The van der Waals surface area contributed by atoms with Crippen LogP contribution >= 0.6 is 0 Å². The first kappa shape index (κ1) is 18.2. The van der Waals surface area contributed by atoms with Crippen molar-refractivity contribution in [1.82, 2.24) is 15.5 Å². The van der Waals surface area contributed by atoms with Crippen LogP contribution < -0.4 is 10.6 Å². The smallest absolute Gasteiger partial charge is 0.223 e. The van der Waals surface area contributed by atoms with Crippen LogP contribution in [-0.4, -0.2) is 63.2 Å². The molecule has 1 heterocycles. The molecule has 2 rings (SSSR count). The summed E-state index contributed by atoms with van der Waals surface area (Å²) in [6.07, 6.45) is 5.57. The van der Waals surface area contributed by atoms with Gasteiger partial charge in [-0.05, 0) is 52.6 Å². The Morgan fingerprint density at radius 3 is 2.13 bits per heavy atom. The van der Waals surface area contributed by atoms with E-state index in [0.29, 0.717) is 13.1 Å². The molecule has 6 nitrogen and oxygen atoms in total. The average Bonchev–Trinajstić information content (AvgIpc) is 3.05. The van der Waals surface area contributed by atoms with Gasteiger partial charge in [-0.25, -0.2) is 0 Å². The second-order valence-electron chi connectivity index (χ2n) is 7.02. The quantitative estimate of drug-likeness (QED) is 0.725. The molecule has 1 aliphatic carbocycles. The number of nitrogens with one attached hydrogen (secondary N) is 2. The van der Waals surface area contributed by atoms with E-state index in [1.807, 2.05) is 14.1 Å². The predicted molar refractivity (Wildman–Crippen MR) is 89.0 cm³/mol. The van der Waals surface area contributed by atoms with Crippen molar-refractivity contribution >= 4 is 11.8 Å². The molecule has 6 heteroatoms. The number of carbonyl (C=O) groups is 2. The zero-order valence-electron chi connectivity index (χ0n) is 14.5. The molecule has 2 amide bonds. The molecule has 1 atom stereocenters. The van der Waals surface area contributed by atoms with Crippen LogP contribution in [0.25, 0.3) is 0 Å². The first-order chi connectivity index (χ1) is 11.1. The normalized spacial score (nSPS) is 27.9. The predicted octanol–water partition coefficient (Wildman–Crippen LogP) is 0.766. The topological polar surface area (TPSA) is 70.7 Å². The molecule has 0 bridgehead atoms. The molecular formula is C17H31N3O3. The Labute approximate surface area is 139 Å². The number of rotatable bonds is 7. The Kier molecular flexibility index (Phi) is 7.30. The van der Waals surface area contributed by atoms with Gasteiger partial charge in [0.25, 0.3) is 0 Å². The maximum atomic E-state index is 12.2. The van der Waals surface area contributed by atoms with Gasteiger partial charge in [-0.1, -0.05) is 0 Å². The van der Waals surface area contributed by atoms with E-state index in [-0.39, 0.29) is 29.8 Å². The highest BCUT2D eigenvalue weighted by Crippen LogP contribution is 2.29. The molecule has 2 N–H and O–H groups in total. The van der Waals surface area contributed by atoms with E-state index in [9.17, 15) is 9.59 Å². The van der Waals surface area contributed by atoms with Crippen molar-refractivity contribution in [3.05, 3.63) is 0 Å². The van der Waals surface area contributed by atoms with Gasteiger partial charge < -0.3 is 20.3 Å². The number of likely N-dealkylation sites (N-methyl/N-ethyl adjacent to an activating group) is 1. The SMILES string of the molecule is CN(C)CCNC(=O)C1CCC(C(=O)NCC2CCCO2)CC1. The van der Waals surface area contributed by atoms with Gasteiger partial charge in [-0.3, -0.25) is 9.59 Å². The van der Waals surface area contributed by atoms with E-state index in [0.717, 1.165) is 51.7 Å². The second-order valence-corrected chi connectivity index (χ2v) is 7.02. The molecule has 0 spiro atoms. The third kappa shape index (κ3) is 6.11. The van der Waals surface area contributed by atoms with Gasteiger partial charge in [0, 0.05) is 38.1 Å². The van der Waals surface area contributed by atoms with Crippen molar-refractivity contribution in [3.8, 4) is 0 Å². The first-order valence-corrected chi connectivity index (χ1v) is 8.88. The summed E-state index contributed by atoms with van der Waals surface area (Å²) >= 11 is 0. The van der Waals surface area contributed by atoms with Crippen LogP contribution in [0.5, 0.6) is 0 Å². The van der Waals surface area contributed by atoms with Crippen molar-refractivity contribution in [2.24, 2.45) is 11.8 Å². The number of hydrogen-bond acceptors (Lipinski definition) is 4. The summed E-state index contributed by atoms with van der Waals surface area (Å²) in [6, 6.07) is 0. The van der Waals surface area contributed by atoms with Crippen LogP contribution in [0.15, 0.2) is 0 Å². The van der Waals surface area contributed by atoms with Gasteiger partial charge in [0.1, 0.15) is 0 Å². The van der Waals surface area contributed by atoms with E-state index in [2.05, 4.69) is 15.5 Å². The Morgan fingerprint density at radius 1 is 1.00 bits per heavy atom. The maximum Gasteiger partial charge on any atom is 0.223 e. The number of amides is 2. The molecule has 0 radical (unpaired) electrons. The molecule has 0 aromatic carbocycles. The van der Waals surface area contributed by atoms with Gasteiger partial charge in [0.15, 0.2) is 0 Å². The van der Waals surface area contributed by atoms with Crippen molar-refractivity contribution in [1.29, 1.82) is 0 Å². The molecule has 1 saturated carbocycles. The number of hydrogen-bond donors (Lipinski definition) is 2. The zero-order valence-corrected chi connectivity index (χ0v) is 14.5. The van der Waals surface area contributed by atoms with Gasteiger partial charge >= 0.3 is 0 Å². The molecule has 2 aliphatic rings. The summed E-state index contributed by atoms with van der Waals surface area (Å²) in [4.78, 5) is 26.4. The monoisotopic (exact) mass is 325 g/mol. The van der Waals surface area contributed by atoms with E-state index in [1.54, 1.807) is 0 Å². The van der Waals surface area contributed by atoms with Gasteiger partial charge in [-0.2, -0.15) is 0 Å². The molecule has 23 heavy (non-hydrogen) atoms. The van der Waals surface area contributed by atoms with Gasteiger partial charge in [0.05, 0.1) is 6.10 Å². The largest absolute Gasteiger partial charge is 0.376 e. The molecule has 2 fully saturated rings. The van der Waals surface area contributed by atoms with Crippen LogP contribution in [0, 0.1) is 11.8 Å². The minimum absolute atomic E-state index is 0.0576. The summed E-state index contributed by atoms with van der Waals surface area (Å²) < 4.78 is 5.52. The maximum absolute atomic E-state index is 12.2. The Hall–Kier alpha value is -1.14. The van der Waals surface area contributed by atoms with Gasteiger partial charge in [-0.15, -0.1) is 0 Å². The molecule has 0 aromatic heterocycles. The highest BCUT2D eigenvalue weighted by molar-refractivity contribution is 5.81. The second kappa shape index (κ2) is 9.23. The van der Waals surface area contributed by atoms with E-state index in [4.69, 9.17) is 4.74 Å². The molecule has 1 aliphatic heterocycles. The lowest BCUT2D eigenvalue weighted by atomic mass is 9.81. The van der Waals surface area contributed by atoms with Crippen LogP contribution in [-0.2, 0) is 14.3 Å². The van der Waals surface area contributed by atoms with Crippen LogP contribution in [0.4, 0.5) is 0 Å². The van der Waals surface area contributed by atoms with Crippen LogP contribution in [0.2, 0.25) is 0 Å². The minimum Gasteiger partial charge on any atom is -0.376 e. The number of ether oxygens (including phenoxy) is 1. The summed E-state index contributed by atoms with van der Waals surface area (Å²) in [7, 11) is 3.99. The number of nitrogens with zero attached hydrogens (tertiary/aromatic N) is 1. The molecule has 1 unspecified atom stereocenters. The minimum atomic E-state index is 0.0576. The summed E-state index contributed by atoms with van der Waals surface area (Å²) in [5.74, 6) is 0.402. The standard InChI is InChI=1S/C17H31N3O3/c1-20(2)10-9-18-16(21)13-5-7-14(8-6-13)17(22)19-12-15-4-3-11-23-15/h13-15H,3-12H2,1-2H3,(H,18,21)(H,19,22). The van der Waals surface area contributed by atoms with E-state index in [1.165, 1.54) is 0 Å². The molecule has 132 valence electrons. The van der Waals surface area contributed by atoms with E-state index < -0.39 is 0 Å². The third-order valence-corrected chi connectivity index (χ3v) is 4.85. The molecular weight excluding hydrogens is 294 g/mol. The van der Waals surface area contributed by atoms with Crippen LogP contribution in [0.1, 0.15) is 38.5 Å². The van der Waals surface area contributed by atoms with Crippen molar-refractivity contribution < 1.29 is 14.3 Å². The Morgan fingerprint density at radius 2 is 1.61 bits per heavy atom. The number of carbonyl (C=O) groups excluding carboxylic acids is 2. The van der Waals surface area contributed by atoms with Crippen LogP contribution in [0.3, 0.4) is 0 Å². The summed E-state index contributed by atoms with van der Waals surface area (Å²) in [6.45, 7) is 2.98. The zero-order chi connectivity index (χ0) is 16.7. The highest BCUT2D eigenvalue weighted by Gasteiger charge is 2.30. The fourth-order valence-corrected chi connectivity index (χ4v) is 3.33. The fraction of sp³-hybridized carbons (Fsp3) is 0.882. The average molecular weight is 325 g/mol. The van der Waals surface area contributed by atoms with Gasteiger partial charge in [0.2, 0.25) is 11.8 Å². The lowest BCUT2D eigenvalue weighted by Gasteiger charge is -2.27. The Bertz CT molecular complexity index is 387. The summed E-state index contributed by atoms with van der Waals surface area (Å²) in [5.41, 5.74) is 0. The lowest BCUT2D eigenvalue weighted by molar-refractivity contribution is -0.130. The Balaban J connectivity index is 1.62. The third-order valence-electron chi connectivity index (χ3n) is 4.85. The fourth-order valence-electron chi connectivity index (χ4n) is 3.33. The van der Waals surface area contributed by atoms with Crippen molar-refractivity contribution in [2.75, 3.05) is 40.3 Å². The molecule has 1 saturated heterocycles. The van der Waals surface area contributed by atoms with E-state index >= 15 is 0 Å². The lowest BCUT2D eigenvalue weighted by Crippen LogP contribution is -2.40. The molecule has 0 aromatic rings.